The van der Waals surface area contributed by atoms with Crippen molar-refractivity contribution in [1.29, 1.82) is 0 Å². The first-order valence-corrected chi connectivity index (χ1v) is 13.5. The Hall–Kier alpha value is -3.15. The monoisotopic (exact) mass is 527 g/mol. The second-order valence-corrected chi connectivity index (χ2v) is 11.2. The van der Waals surface area contributed by atoms with E-state index in [2.05, 4.69) is 28.9 Å². The number of hydrogen-bond donors (Lipinski definition) is 1. The van der Waals surface area contributed by atoms with Crippen molar-refractivity contribution in [3.05, 3.63) is 55.5 Å². The average Bonchev–Trinajstić information content (AvgIpc) is 3.56. The van der Waals surface area contributed by atoms with Crippen LogP contribution < -0.4 is 21.0 Å². The van der Waals surface area contributed by atoms with Crippen LogP contribution >= 0.6 is 11.3 Å². The van der Waals surface area contributed by atoms with Gasteiger partial charge in [-0.15, -0.1) is 11.3 Å². The van der Waals surface area contributed by atoms with Crippen molar-refractivity contribution in [2.24, 2.45) is 13.0 Å². The molecule has 1 N–H and O–H groups in total. The van der Waals surface area contributed by atoms with E-state index in [4.69, 9.17) is 4.84 Å². The maximum atomic E-state index is 13.8. The van der Waals surface area contributed by atoms with Crippen LogP contribution in [-0.2, 0) is 25.0 Å². The summed E-state index contributed by atoms with van der Waals surface area (Å²) in [5.41, 5.74) is 1.55. The predicted octanol–water partition coefficient (Wildman–Crippen LogP) is 2.36. The first-order valence-electron chi connectivity index (χ1n) is 12.7. The van der Waals surface area contributed by atoms with Crippen molar-refractivity contribution in [3.8, 4) is 0 Å². The van der Waals surface area contributed by atoms with Gasteiger partial charge in [0, 0.05) is 25.0 Å². The van der Waals surface area contributed by atoms with Gasteiger partial charge < -0.3 is 14.9 Å². The molecule has 4 heterocycles. The fraction of sp³-hybridized carbons (Fsp3) is 0.500. The molecule has 3 aromatic rings. The second-order valence-electron chi connectivity index (χ2n) is 10.1. The van der Waals surface area contributed by atoms with E-state index in [-0.39, 0.29) is 30.0 Å². The standard InChI is InChI=1S/C26H33N5O5S/c1-5-10-28-15-29(19-9-7-6-8-18(19)28)13-20-21(24(34)31-12-17(32)14-36-31)22-23(33)27(4)26(35)30(11-16(2)3)25(22)37-20/h6-9,16-17,32H,5,10-15H2,1-4H3. The van der Waals surface area contributed by atoms with Crippen LogP contribution in [0.2, 0.25) is 0 Å². The number of hydroxylamine groups is 2. The Balaban J connectivity index is 1.68. The number of aliphatic hydroxyl groups excluding tert-OH is 1. The molecule has 37 heavy (non-hydrogen) atoms. The summed E-state index contributed by atoms with van der Waals surface area (Å²) >= 11 is 1.32. The minimum Gasteiger partial charge on any atom is -0.389 e. The van der Waals surface area contributed by atoms with Crippen LogP contribution in [0.4, 0.5) is 11.4 Å². The molecule has 1 aromatic carbocycles. The van der Waals surface area contributed by atoms with Gasteiger partial charge in [0.2, 0.25) is 0 Å². The number of anilines is 2. The third kappa shape index (κ3) is 4.45. The highest BCUT2D eigenvalue weighted by Crippen LogP contribution is 2.39. The van der Waals surface area contributed by atoms with Crippen LogP contribution in [0.3, 0.4) is 0 Å². The van der Waals surface area contributed by atoms with Gasteiger partial charge in [-0.3, -0.25) is 23.6 Å². The zero-order valence-electron chi connectivity index (χ0n) is 21.6. The number of carbonyl (C=O) groups is 1. The molecule has 1 unspecified atom stereocenters. The summed E-state index contributed by atoms with van der Waals surface area (Å²) in [5.74, 6) is -0.309. The van der Waals surface area contributed by atoms with E-state index in [0.29, 0.717) is 29.5 Å². The Kier molecular flexibility index (Phi) is 6.86. The van der Waals surface area contributed by atoms with Crippen LogP contribution in [0.25, 0.3) is 10.2 Å². The zero-order valence-corrected chi connectivity index (χ0v) is 22.5. The molecule has 11 heteroatoms. The Morgan fingerprint density at radius 3 is 2.51 bits per heavy atom. The van der Waals surface area contributed by atoms with E-state index < -0.39 is 23.3 Å². The minimum absolute atomic E-state index is 0.0185. The molecule has 2 aliphatic rings. The van der Waals surface area contributed by atoms with Gasteiger partial charge in [0.25, 0.3) is 11.5 Å². The van der Waals surface area contributed by atoms with E-state index >= 15 is 0 Å². The number of amides is 1. The summed E-state index contributed by atoms with van der Waals surface area (Å²) in [6, 6.07) is 8.17. The molecule has 0 radical (unpaired) electrons. The number of rotatable bonds is 7. The smallest absolute Gasteiger partial charge is 0.331 e. The Labute approximate surface area is 218 Å². The topological polar surface area (TPSA) is 100 Å². The zero-order chi connectivity index (χ0) is 26.4. The van der Waals surface area contributed by atoms with E-state index in [1.165, 1.54) is 18.4 Å². The van der Waals surface area contributed by atoms with E-state index in [9.17, 15) is 19.5 Å². The molecule has 0 bridgehead atoms. The van der Waals surface area contributed by atoms with Crippen molar-refractivity contribution in [1.82, 2.24) is 14.2 Å². The number of fused-ring (bicyclic) bond motifs is 2. The summed E-state index contributed by atoms with van der Waals surface area (Å²) in [6.07, 6.45) is 0.216. The highest BCUT2D eigenvalue weighted by Gasteiger charge is 2.35. The van der Waals surface area contributed by atoms with Crippen molar-refractivity contribution in [2.75, 3.05) is 36.2 Å². The van der Waals surface area contributed by atoms with Gasteiger partial charge in [0.15, 0.2) is 0 Å². The Morgan fingerprint density at radius 1 is 1.19 bits per heavy atom. The molecule has 10 nitrogen and oxygen atoms in total. The number of aromatic nitrogens is 2. The predicted molar refractivity (Wildman–Crippen MR) is 144 cm³/mol. The molecule has 0 saturated carbocycles. The van der Waals surface area contributed by atoms with E-state index in [1.54, 1.807) is 4.57 Å². The van der Waals surface area contributed by atoms with Gasteiger partial charge in [0.1, 0.15) is 17.5 Å². The molecule has 1 atom stereocenters. The van der Waals surface area contributed by atoms with Gasteiger partial charge in [0.05, 0.1) is 42.1 Å². The molecule has 2 aliphatic heterocycles. The highest BCUT2D eigenvalue weighted by molar-refractivity contribution is 7.19. The number of hydrogen-bond acceptors (Lipinski definition) is 8. The SMILES string of the molecule is CCCN1CN(Cc2sc3c(c2C(=O)N2CC(O)CO2)c(=O)n(C)c(=O)n3CC(C)C)c2ccccc21. The summed E-state index contributed by atoms with van der Waals surface area (Å²) in [5, 5.41) is 11.3. The number of thiophene rings is 1. The fourth-order valence-electron chi connectivity index (χ4n) is 5.11. The number of nitrogens with zero attached hydrogens (tertiary/aromatic N) is 5. The number of benzene rings is 1. The van der Waals surface area contributed by atoms with Crippen molar-refractivity contribution >= 4 is 38.8 Å². The van der Waals surface area contributed by atoms with Crippen LogP contribution in [0, 0.1) is 5.92 Å². The molecule has 5 rings (SSSR count). The largest absolute Gasteiger partial charge is 0.389 e. The number of aliphatic hydroxyl groups is 1. The summed E-state index contributed by atoms with van der Waals surface area (Å²) in [6.45, 7) is 8.58. The van der Waals surface area contributed by atoms with Gasteiger partial charge >= 0.3 is 5.69 Å². The normalized spacial score (nSPS) is 17.5. The van der Waals surface area contributed by atoms with Crippen molar-refractivity contribution in [3.63, 3.8) is 0 Å². The number of para-hydroxylation sites is 2. The van der Waals surface area contributed by atoms with Gasteiger partial charge in [-0.25, -0.2) is 9.86 Å². The molecule has 198 valence electrons. The van der Waals surface area contributed by atoms with Crippen LogP contribution in [0.5, 0.6) is 0 Å². The van der Waals surface area contributed by atoms with Crippen LogP contribution in [0.1, 0.15) is 42.4 Å². The maximum absolute atomic E-state index is 13.8. The molecule has 0 aliphatic carbocycles. The van der Waals surface area contributed by atoms with E-state index in [1.807, 2.05) is 26.0 Å². The molecular weight excluding hydrogens is 494 g/mol. The summed E-state index contributed by atoms with van der Waals surface area (Å²) < 4.78 is 2.68. The van der Waals surface area contributed by atoms with Crippen LogP contribution in [-0.4, -0.2) is 57.7 Å². The molecular formula is C26H33N5O5S. The molecule has 0 spiro atoms. The molecule has 2 aromatic heterocycles. The second kappa shape index (κ2) is 9.96. The molecule has 1 amide bonds. The van der Waals surface area contributed by atoms with E-state index in [0.717, 1.165) is 34.0 Å². The summed E-state index contributed by atoms with van der Waals surface area (Å²) in [4.78, 5) is 51.5. The molecule has 1 fully saturated rings. The average molecular weight is 528 g/mol. The first kappa shape index (κ1) is 25.5. The third-order valence-corrected chi connectivity index (χ3v) is 7.96. The van der Waals surface area contributed by atoms with Gasteiger partial charge in [-0.2, -0.15) is 0 Å². The van der Waals surface area contributed by atoms with Gasteiger partial charge in [-0.1, -0.05) is 32.9 Å². The number of β-amino-alcohol motifs (C(OH)–C–C–N with tert-alkyl or cyclic N) is 1. The molecule has 1 saturated heterocycles. The number of carbonyl (C=O) groups excluding carboxylic acids is 1. The van der Waals surface area contributed by atoms with Crippen molar-refractivity contribution in [2.45, 2.75) is 46.4 Å². The van der Waals surface area contributed by atoms with Crippen LogP contribution in [0.15, 0.2) is 33.9 Å². The highest BCUT2D eigenvalue weighted by atomic mass is 32.1. The first-order chi connectivity index (χ1) is 17.7. The lowest BCUT2D eigenvalue weighted by atomic mass is 10.1. The van der Waals surface area contributed by atoms with Crippen molar-refractivity contribution < 1.29 is 14.7 Å². The Bertz CT molecular complexity index is 1460. The Morgan fingerprint density at radius 2 is 1.89 bits per heavy atom. The lowest BCUT2D eigenvalue weighted by Crippen LogP contribution is -2.39. The fourth-order valence-corrected chi connectivity index (χ4v) is 6.41. The minimum atomic E-state index is -0.785. The quantitative estimate of drug-likeness (QED) is 0.504. The third-order valence-electron chi connectivity index (χ3n) is 6.76. The maximum Gasteiger partial charge on any atom is 0.331 e. The lowest BCUT2D eigenvalue weighted by molar-refractivity contribution is -0.0778. The summed E-state index contributed by atoms with van der Waals surface area (Å²) in [7, 11) is 1.45. The van der Waals surface area contributed by atoms with Gasteiger partial charge in [-0.05, 0) is 24.5 Å². The lowest BCUT2D eigenvalue weighted by Gasteiger charge is -2.22.